The van der Waals surface area contributed by atoms with Gasteiger partial charge >= 0.3 is 5.97 Å². The number of hydrogen-bond acceptors (Lipinski definition) is 4. The van der Waals surface area contributed by atoms with Crippen LogP contribution < -0.4 is 14.8 Å². The van der Waals surface area contributed by atoms with Crippen molar-refractivity contribution in [1.29, 1.82) is 0 Å². The van der Waals surface area contributed by atoms with Gasteiger partial charge in [0.15, 0.2) is 11.5 Å². The van der Waals surface area contributed by atoms with Crippen LogP contribution in [-0.4, -0.2) is 30.2 Å². The number of carbonyl (C=O) groups is 2. The molecular formula is C23H25NO5. The van der Waals surface area contributed by atoms with Gasteiger partial charge in [0.1, 0.15) is 0 Å². The van der Waals surface area contributed by atoms with Crippen molar-refractivity contribution in [2.75, 3.05) is 12.4 Å². The minimum Gasteiger partial charge on any atom is -0.493 e. The Morgan fingerprint density at radius 3 is 2.55 bits per heavy atom. The third-order valence-electron chi connectivity index (χ3n) is 4.88. The zero-order chi connectivity index (χ0) is 20.6. The SMILES string of the molecule is COc1cc(/C=C/C(=O)Nc2ccccc2C(=O)O)ccc1OC1CCCCC1. The molecule has 0 atom stereocenters. The van der Waals surface area contributed by atoms with Gasteiger partial charge in [-0.1, -0.05) is 24.6 Å². The van der Waals surface area contributed by atoms with Gasteiger partial charge in [-0.3, -0.25) is 4.79 Å². The minimum atomic E-state index is -1.09. The van der Waals surface area contributed by atoms with Crippen molar-refractivity contribution >= 4 is 23.6 Å². The van der Waals surface area contributed by atoms with Crippen LogP contribution >= 0.6 is 0 Å². The molecule has 0 radical (unpaired) electrons. The van der Waals surface area contributed by atoms with Crippen LogP contribution in [0.3, 0.4) is 0 Å². The van der Waals surface area contributed by atoms with Gasteiger partial charge in [0.05, 0.1) is 24.5 Å². The van der Waals surface area contributed by atoms with Crippen molar-refractivity contribution in [1.82, 2.24) is 0 Å². The molecule has 1 aliphatic rings. The first kappa shape index (κ1) is 20.5. The third-order valence-corrected chi connectivity index (χ3v) is 4.88. The van der Waals surface area contributed by atoms with E-state index in [0.29, 0.717) is 11.5 Å². The molecule has 0 heterocycles. The van der Waals surface area contributed by atoms with Gasteiger partial charge in [-0.25, -0.2) is 4.79 Å². The molecule has 2 aromatic carbocycles. The molecule has 1 saturated carbocycles. The zero-order valence-electron chi connectivity index (χ0n) is 16.4. The number of anilines is 1. The van der Waals surface area contributed by atoms with Crippen LogP contribution in [0.4, 0.5) is 5.69 Å². The van der Waals surface area contributed by atoms with E-state index in [2.05, 4.69) is 5.32 Å². The molecule has 6 heteroatoms. The van der Waals surface area contributed by atoms with Gasteiger partial charge in [-0.15, -0.1) is 0 Å². The molecule has 6 nitrogen and oxygen atoms in total. The number of para-hydroxylation sites is 1. The predicted octanol–water partition coefficient (Wildman–Crippen LogP) is 4.76. The Bertz CT molecular complexity index is 900. The summed E-state index contributed by atoms with van der Waals surface area (Å²) in [5.41, 5.74) is 1.07. The summed E-state index contributed by atoms with van der Waals surface area (Å²) in [4.78, 5) is 23.4. The Labute approximate surface area is 170 Å². The van der Waals surface area contributed by atoms with Crippen LogP contribution in [0.1, 0.15) is 48.0 Å². The Balaban J connectivity index is 1.67. The molecule has 1 amide bonds. The van der Waals surface area contributed by atoms with Gasteiger partial charge in [0, 0.05) is 6.08 Å². The molecule has 2 N–H and O–H groups in total. The van der Waals surface area contributed by atoms with E-state index in [1.165, 1.54) is 31.4 Å². The normalized spacial score (nSPS) is 14.5. The second-order valence-corrected chi connectivity index (χ2v) is 6.96. The highest BCUT2D eigenvalue weighted by Crippen LogP contribution is 2.32. The third kappa shape index (κ3) is 5.60. The number of ether oxygens (including phenoxy) is 2. The van der Waals surface area contributed by atoms with E-state index < -0.39 is 11.9 Å². The summed E-state index contributed by atoms with van der Waals surface area (Å²) in [6, 6.07) is 11.8. The van der Waals surface area contributed by atoms with E-state index in [1.807, 2.05) is 18.2 Å². The number of carboxylic acid groups (broad SMARTS) is 1. The summed E-state index contributed by atoms with van der Waals surface area (Å²) in [5, 5.41) is 11.8. The Morgan fingerprint density at radius 2 is 1.83 bits per heavy atom. The van der Waals surface area contributed by atoms with E-state index in [4.69, 9.17) is 9.47 Å². The van der Waals surface area contributed by atoms with Crippen LogP contribution in [0.25, 0.3) is 6.08 Å². The maximum atomic E-state index is 12.2. The van der Waals surface area contributed by atoms with Crippen molar-refractivity contribution in [3.8, 4) is 11.5 Å². The highest BCUT2D eigenvalue weighted by atomic mass is 16.5. The molecule has 152 valence electrons. The monoisotopic (exact) mass is 395 g/mol. The van der Waals surface area contributed by atoms with Crippen molar-refractivity contribution in [3.05, 3.63) is 59.7 Å². The first-order valence-electron chi connectivity index (χ1n) is 9.73. The minimum absolute atomic E-state index is 0.0418. The molecule has 0 bridgehead atoms. The molecule has 1 fully saturated rings. The number of rotatable bonds is 7. The lowest BCUT2D eigenvalue weighted by molar-refractivity contribution is -0.111. The molecule has 0 aromatic heterocycles. The van der Waals surface area contributed by atoms with Gasteiger partial charge in [-0.05, 0) is 61.6 Å². The number of amides is 1. The van der Waals surface area contributed by atoms with E-state index in [1.54, 1.807) is 31.4 Å². The fourth-order valence-electron chi connectivity index (χ4n) is 3.37. The molecule has 2 aromatic rings. The fourth-order valence-corrected chi connectivity index (χ4v) is 3.37. The smallest absolute Gasteiger partial charge is 0.337 e. The summed E-state index contributed by atoms with van der Waals surface area (Å²) in [5.74, 6) is -0.186. The lowest BCUT2D eigenvalue weighted by Gasteiger charge is -2.24. The second-order valence-electron chi connectivity index (χ2n) is 6.96. The number of carboxylic acids is 1. The van der Waals surface area contributed by atoms with Crippen LogP contribution in [0.2, 0.25) is 0 Å². The molecular weight excluding hydrogens is 370 g/mol. The molecule has 0 spiro atoms. The van der Waals surface area contributed by atoms with Gasteiger partial charge in [0.25, 0.3) is 0 Å². The number of carbonyl (C=O) groups excluding carboxylic acids is 1. The zero-order valence-corrected chi connectivity index (χ0v) is 16.4. The number of aromatic carboxylic acids is 1. The van der Waals surface area contributed by atoms with Crippen molar-refractivity contribution < 1.29 is 24.2 Å². The molecule has 0 aliphatic heterocycles. The molecule has 0 unspecified atom stereocenters. The summed E-state index contributed by atoms with van der Waals surface area (Å²) in [6.07, 6.45) is 8.98. The number of methoxy groups -OCH3 is 1. The fraction of sp³-hybridized carbons (Fsp3) is 0.304. The number of hydrogen-bond donors (Lipinski definition) is 2. The quantitative estimate of drug-likeness (QED) is 0.661. The maximum Gasteiger partial charge on any atom is 0.337 e. The molecule has 3 rings (SSSR count). The average Bonchev–Trinajstić information content (AvgIpc) is 2.74. The van der Waals surface area contributed by atoms with Crippen LogP contribution in [0, 0.1) is 0 Å². The van der Waals surface area contributed by atoms with Crippen LogP contribution in [0.5, 0.6) is 11.5 Å². The summed E-state index contributed by atoms with van der Waals surface area (Å²) < 4.78 is 11.5. The first-order valence-corrected chi connectivity index (χ1v) is 9.73. The Kier molecular flexibility index (Phi) is 6.89. The molecule has 29 heavy (non-hydrogen) atoms. The summed E-state index contributed by atoms with van der Waals surface area (Å²) >= 11 is 0. The Morgan fingerprint density at radius 1 is 1.07 bits per heavy atom. The van der Waals surface area contributed by atoms with Crippen molar-refractivity contribution in [2.24, 2.45) is 0 Å². The van der Waals surface area contributed by atoms with Gasteiger partial charge in [-0.2, -0.15) is 0 Å². The standard InChI is InChI=1S/C23H25NO5/c1-28-21-15-16(11-13-20(21)29-17-7-3-2-4-8-17)12-14-22(25)24-19-10-6-5-9-18(19)23(26)27/h5-6,9-15,17H,2-4,7-8H2,1H3,(H,24,25)(H,26,27)/b14-12+. The van der Waals surface area contributed by atoms with Gasteiger partial charge in [0.2, 0.25) is 5.91 Å². The van der Waals surface area contributed by atoms with E-state index in [-0.39, 0.29) is 17.4 Å². The lowest BCUT2D eigenvalue weighted by atomic mass is 9.98. The van der Waals surface area contributed by atoms with E-state index >= 15 is 0 Å². The number of nitrogens with one attached hydrogen (secondary N) is 1. The van der Waals surface area contributed by atoms with Gasteiger partial charge < -0.3 is 19.9 Å². The number of benzene rings is 2. The maximum absolute atomic E-state index is 12.2. The first-order chi connectivity index (χ1) is 14.1. The van der Waals surface area contributed by atoms with Crippen molar-refractivity contribution in [2.45, 2.75) is 38.2 Å². The van der Waals surface area contributed by atoms with E-state index in [9.17, 15) is 14.7 Å². The van der Waals surface area contributed by atoms with Crippen LogP contribution in [0.15, 0.2) is 48.5 Å². The Hall–Kier alpha value is -3.28. The lowest BCUT2D eigenvalue weighted by Crippen LogP contribution is -2.19. The van der Waals surface area contributed by atoms with Crippen molar-refractivity contribution in [3.63, 3.8) is 0 Å². The summed E-state index contributed by atoms with van der Waals surface area (Å²) in [6.45, 7) is 0. The average molecular weight is 395 g/mol. The summed E-state index contributed by atoms with van der Waals surface area (Å²) in [7, 11) is 1.59. The molecule has 0 saturated heterocycles. The largest absolute Gasteiger partial charge is 0.493 e. The predicted molar refractivity (Wildman–Crippen MR) is 112 cm³/mol. The second kappa shape index (κ2) is 9.78. The topological polar surface area (TPSA) is 84.9 Å². The highest BCUT2D eigenvalue weighted by molar-refractivity contribution is 6.06. The molecule has 1 aliphatic carbocycles. The highest BCUT2D eigenvalue weighted by Gasteiger charge is 2.17. The van der Waals surface area contributed by atoms with E-state index in [0.717, 1.165) is 18.4 Å². The van der Waals surface area contributed by atoms with Crippen LogP contribution in [-0.2, 0) is 4.79 Å².